The van der Waals surface area contributed by atoms with Crippen LogP contribution in [-0.2, 0) is 17.5 Å². The standard InChI is InChI=1S/C23H20F3N5O3/c1-2-10-34-19-9-8-15(23(24,25)26)11-18(19)29-20(32)13-30-14-27-21-17(22(30)33)12-28-31(21)16-6-4-3-5-7-16/h3-9,11-12,14H,2,10,13H2,1H3,(H,29,32). The number of para-hydroxylation sites is 1. The third-order valence-electron chi connectivity index (χ3n) is 4.91. The van der Waals surface area contributed by atoms with E-state index in [0.717, 1.165) is 22.8 Å². The van der Waals surface area contributed by atoms with E-state index in [-0.39, 0.29) is 23.4 Å². The number of ether oxygens (including phenoxy) is 1. The molecule has 4 aromatic rings. The molecule has 2 aromatic heterocycles. The molecular formula is C23H20F3N5O3. The van der Waals surface area contributed by atoms with Gasteiger partial charge in [0.1, 0.15) is 24.0 Å². The average molecular weight is 471 g/mol. The molecule has 1 amide bonds. The first-order valence-corrected chi connectivity index (χ1v) is 10.4. The van der Waals surface area contributed by atoms with Gasteiger partial charge in [-0.05, 0) is 36.8 Å². The summed E-state index contributed by atoms with van der Waals surface area (Å²) < 4.78 is 47.5. The molecule has 0 aliphatic rings. The van der Waals surface area contributed by atoms with Crippen LogP contribution >= 0.6 is 0 Å². The summed E-state index contributed by atoms with van der Waals surface area (Å²) in [6.07, 6.45) is -1.40. The number of anilines is 1. The molecule has 0 saturated heterocycles. The fraction of sp³-hybridized carbons (Fsp3) is 0.217. The Kier molecular flexibility index (Phi) is 6.35. The van der Waals surface area contributed by atoms with Crippen molar-refractivity contribution in [2.75, 3.05) is 11.9 Å². The number of fused-ring (bicyclic) bond motifs is 1. The molecule has 0 bridgehead atoms. The molecule has 0 spiro atoms. The SMILES string of the molecule is CCCOc1ccc(C(F)(F)F)cc1NC(=O)Cn1cnc2c(cnn2-c2ccccc2)c1=O. The van der Waals surface area contributed by atoms with Gasteiger partial charge >= 0.3 is 6.18 Å². The molecule has 11 heteroatoms. The van der Waals surface area contributed by atoms with Crippen LogP contribution in [0.5, 0.6) is 5.75 Å². The Balaban J connectivity index is 1.59. The van der Waals surface area contributed by atoms with Gasteiger partial charge in [-0.15, -0.1) is 0 Å². The lowest BCUT2D eigenvalue weighted by atomic mass is 10.1. The number of hydrogen-bond donors (Lipinski definition) is 1. The highest BCUT2D eigenvalue weighted by atomic mass is 19.4. The van der Waals surface area contributed by atoms with Crippen molar-refractivity contribution in [2.24, 2.45) is 0 Å². The quantitative estimate of drug-likeness (QED) is 0.440. The summed E-state index contributed by atoms with van der Waals surface area (Å²) in [5.74, 6) is -0.604. The number of nitrogens with zero attached hydrogens (tertiary/aromatic N) is 4. The van der Waals surface area contributed by atoms with Gasteiger partial charge in [0.05, 0.1) is 29.7 Å². The van der Waals surface area contributed by atoms with E-state index in [9.17, 15) is 22.8 Å². The highest BCUT2D eigenvalue weighted by molar-refractivity contribution is 5.92. The number of hydrogen-bond acceptors (Lipinski definition) is 5. The van der Waals surface area contributed by atoms with Crippen LogP contribution in [0, 0.1) is 0 Å². The zero-order chi connectivity index (χ0) is 24.3. The molecule has 2 heterocycles. The topological polar surface area (TPSA) is 91.0 Å². The molecule has 2 aromatic carbocycles. The Morgan fingerprint density at radius 3 is 2.62 bits per heavy atom. The first-order chi connectivity index (χ1) is 16.3. The number of carbonyl (C=O) groups excluding carboxylic acids is 1. The minimum absolute atomic E-state index is 0.105. The lowest BCUT2D eigenvalue weighted by Gasteiger charge is -2.15. The second-order valence-electron chi connectivity index (χ2n) is 7.41. The first-order valence-electron chi connectivity index (χ1n) is 10.4. The highest BCUT2D eigenvalue weighted by Gasteiger charge is 2.31. The Morgan fingerprint density at radius 1 is 1.15 bits per heavy atom. The van der Waals surface area contributed by atoms with Crippen LogP contribution in [0.15, 0.2) is 65.8 Å². The van der Waals surface area contributed by atoms with Crippen molar-refractivity contribution in [1.29, 1.82) is 0 Å². The molecule has 1 N–H and O–H groups in total. The molecule has 8 nitrogen and oxygen atoms in total. The fourth-order valence-electron chi connectivity index (χ4n) is 3.31. The lowest BCUT2D eigenvalue weighted by Crippen LogP contribution is -2.28. The van der Waals surface area contributed by atoms with E-state index in [1.54, 1.807) is 12.1 Å². The number of amides is 1. The van der Waals surface area contributed by atoms with Gasteiger partial charge in [-0.2, -0.15) is 18.3 Å². The van der Waals surface area contributed by atoms with Crippen LogP contribution in [0.2, 0.25) is 0 Å². The van der Waals surface area contributed by atoms with Gasteiger partial charge in [0, 0.05) is 0 Å². The van der Waals surface area contributed by atoms with Crippen molar-refractivity contribution >= 4 is 22.6 Å². The van der Waals surface area contributed by atoms with Crippen molar-refractivity contribution in [1.82, 2.24) is 19.3 Å². The summed E-state index contributed by atoms with van der Waals surface area (Å²) in [6.45, 7) is 1.65. The molecule has 34 heavy (non-hydrogen) atoms. The maximum absolute atomic E-state index is 13.1. The third-order valence-corrected chi connectivity index (χ3v) is 4.91. The Morgan fingerprint density at radius 2 is 1.91 bits per heavy atom. The van der Waals surface area contributed by atoms with Crippen LogP contribution in [0.25, 0.3) is 16.7 Å². The molecule has 0 atom stereocenters. The number of alkyl halides is 3. The third kappa shape index (κ3) is 4.77. The summed E-state index contributed by atoms with van der Waals surface area (Å²) >= 11 is 0. The van der Waals surface area contributed by atoms with Crippen LogP contribution in [0.3, 0.4) is 0 Å². The summed E-state index contributed by atoms with van der Waals surface area (Å²) in [6, 6.07) is 11.9. The van der Waals surface area contributed by atoms with E-state index in [1.807, 2.05) is 25.1 Å². The number of benzene rings is 2. The van der Waals surface area contributed by atoms with E-state index in [1.165, 1.54) is 17.2 Å². The van der Waals surface area contributed by atoms with E-state index in [4.69, 9.17) is 4.74 Å². The van der Waals surface area contributed by atoms with Crippen LogP contribution in [0.4, 0.5) is 18.9 Å². The van der Waals surface area contributed by atoms with Crippen LogP contribution < -0.4 is 15.6 Å². The summed E-state index contributed by atoms with van der Waals surface area (Å²) in [7, 11) is 0. The lowest BCUT2D eigenvalue weighted by molar-refractivity contribution is -0.137. The number of rotatable bonds is 7. The molecule has 0 aliphatic carbocycles. The highest BCUT2D eigenvalue weighted by Crippen LogP contribution is 2.35. The van der Waals surface area contributed by atoms with Crippen molar-refractivity contribution < 1.29 is 22.7 Å². The smallest absolute Gasteiger partial charge is 0.416 e. The number of halogens is 3. The molecule has 0 saturated carbocycles. The van der Waals surface area contributed by atoms with Crippen molar-refractivity contribution in [3.8, 4) is 11.4 Å². The summed E-state index contributed by atoms with van der Waals surface area (Å²) in [5.41, 5.74) is -0.536. The largest absolute Gasteiger partial charge is 0.491 e. The molecule has 0 fully saturated rings. The Hall–Kier alpha value is -4.15. The maximum atomic E-state index is 13.1. The van der Waals surface area contributed by atoms with E-state index in [0.29, 0.717) is 17.8 Å². The second kappa shape index (κ2) is 9.38. The van der Waals surface area contributed by atoms with Gasteiger partial charge in [0.2, 0.25) is 5.91 Å². The van der Waals surface area contributed by atoms with Gasteiger partial charge in [-0.1, -0.05) is 25.1 Å². The van der Waals surface area contributed by atoms with Crippen LogP contribution in [0.1, 0.15) is 18.9 Å². The normalized spacial score (nSPS) is 11.5. The molecule has 4 rings (SSSR count). The monoisotopic (exact) mass is 471 g/mol. The molecule has 176 valence electrons. The molecule has 0 aliphatic heterocycles. The minimum Gasteiger partial charge on any atom is -0.491 e. The number of aromatic nitrogens is 4. The zero-order valence-electron chi connectivity index (χ0n) is 18.0. The van der Waals surface area contributed by atoms with Crippen molar-refractivity contribution in [2.45, 2.75) is 26.1 Å². The summed E-state index contributed by atoms with van der Waals surface area (Å²) in [4.78, 5) is 29.8. The van der Waals surface area contributed by atoms with E-state index < -0.39 is 29.8 Å². The minimum atomic E-state index is -4.59. The predicted molar refractivity (Wildman–Crippen MR) is 119 cm³/mol. The molecular weight excluding hydrogens is 451 g/mol. The van der Waals surface area contributed by atoms with Crippen molar-refractivity contribution in [3.05, 3.63) is 77.0 Å². The van der Waals surface area contributed by atoms with E-state index >= 15 is 0 Å². The average Bonchev–Trinajstić information content (AvgIpc) is 3.25. The van der Waals surface area contributed by atoms with Gasteiger partial charge in [-0.25, -0.2) is 9.67 Å². The molecule has 0 radical (unpaired) electrons. The van der Waals surface area contributed by atoms with Crippen molar-refractivity contribution in [3.63, 3.8) is 0 Å². The fourth-order valence-corrected chi connectivity index (χ4v) is 3.31. The summed E-state index contributed by atoms with van der Waals surface area (Å²) in [5, 5.41) is 6.82. The van der Waals surface area contributed by atoms with Gasteiger partial charge in [-0.3, -0.25) is 14.2 Å². The van der Waals surface area contributed by atoms with Gasteiger partial charge < -0.3 is 10.1 Å². The number of nitrogens with one attached hydrogen (secondary N) is 1. The van der Waals surface area contributed by atoms with Gasteiger partial charge in [0.25, 0.3) is 5.56 Å². The second-order valence-corrected chi connectivity index (χ2v) is 7.41. The van der Waals surface area contributed by atoms with E-state index in [2.05, 4.69) is 15.4 Å². The number of carbonyl (C=O) groups is 1. The predicted octanol–water partition coefficient (Wildman–Crippen LogP) is 4.03. The zero-order valence-corrected chi connectivity index (χ0v) is 18.0. The Bertz CT molecular complexity index is 1380. The van der Waals surface area contributed by atoms with Crippen LogP contribution in [-0.4, -0.2) is 31.8 Å². The molecule has 0 unspecified atom stereocenters. The Labute approximate surface area is 191 Å². The maximum Gasteiger partial charge on any atom is 0.416 e. The van der Waals surface area contributed by atoms with Gasteiger partial charge in [0.15, 0.2) is 5.65 Å². The first kappa shape index (κ1) is 23.0.